The second-order valence-electron chi connectivity index (χ2n) is 4.92. The van der Waals surface area contributed by atoms with Gasteiger partial charge in [0.25, 0.3) is 5.91 Å². The van der Waals surface area contributed by atoms with Gasteiger partial charge in [0.1, 0.15) is 11.5 Å². The number of anilines is 1. The zero-order chi connectivity index (χ0) is 17.2. The smallest absolute Gasteiger partial charge is 0.416 e. The van der Waals surface area contributed by atoms with Crippen LogP contribution in [0.25, 0.3) is 0 Å². The highest BCUT2D eigenvalue weighted by Crippen LogP contribution is 2.34. The summed E-state index contributed by atoms with van der Waals surface area (Å²) in [6.07, 6.45) is -4.57. The quantitative estimate of drug-likeness (QED) is 0.897. The molecule has 0 aliphatic heterocycles. The first-order chi connectivity index (χ1) is 10.7. The molecule has 0 bridgehead atoms. The molecule has 4 nitrogen and oxygen atoms in total. The molecule has 0 unspecified atom stereocenters. The SMILES string of the molecule is COc1cc(NC(=O)c2cc(C)ccc2O)cc(C(F)(F)F)c1. The minimum absolute atomic E-state index is 0.0265. The first kappa shape index (κ1) is 16.7. The van der Waals surface area contributed by atoms with Gasteiger partial charge in [-0.25, -0.2) is 0 Å². The van der Waals surface area contributed by atoms with Crippen molar-refractivity contribution in [3.05, 3.63) is 53.1 Å². The molecule has 0 saturated heterocycles. The molecule has 0 saturated carbocycles. The number of phenolic OH excluding ortho intramolecular Hbond substituents is 1. The van der Waals surface area contributed by atoms with Gasteiger partial charge in [0.2, 0.25) is 0 Å². The number of alkyl halides is 3. The Kier molecular flexibility index (Phi) is 4.49. The average Bonchev–Trinajstić information content (AvgIpc) is 2.48. The topological polar surface area (TPSA) is 58.6 Å². The lowest BCUT2D eigenvalue weighted by Crippen LogP contribution is -2.14. The van der Waals surface area contributed by atoms with Crippen molar-refractivity contribution in [2.45, 2.75) is 13.1 Å². The van der Waals surface area contributed by atoms with Crippen molar-refractivity contribution < 1.29 is 27.8 Å². The molecular formula is C16H14F3NO3. The van der Waals surface area contributed by atoms with E-state index in [-0.39, 0.29) is 22.7 Å². The summed E-state index contributed by atoms with van der Waals surface area (Å²) in [6.45, 7) is 1.73. The fourth-order valence-corrected chi connectivity index (χ4v) is 1.98. The number of amides is 1. The Morgan fingerprint density at radius 1 is 1.17 bits per heavy atom. The number of ether oxygens (including phenoxy) is 1. The molecule has 0 aliphatic rings. The third-order valence-electron chi connectivity index (χ3n) is 3.12. The molecule has 2 aromatic carbocycles. The van der Waals surface area contributed by atoms with Gasteiger partial charge in [0, 0.05) is 11.8 Å². The summed E-state index contributed by atoms with van der Waals surface area (Å²) < 4.78 is 43.4. The number of rotatable bonds is 3. The number of nitrogens with one attached hydrogen (secondary N) is 1. The van der Waals surface area contributed by atoms with E-state index < -0.39 is 17.6 Å². The first-order valence-corrected chi connectivity index (χ1v) is 6.58. The number of hydrogen-bond donors (Lipinski definition) is 2. The molecular weight excluding hydrogens is 311 g/mol. The standard InChI is InChI=1S/C16H14F3NO3/c1-9-3-4-14(21)13(5-9)15(22)20-11-6-10(16(17,18)19)7-12(8-11)23-2/h3-8,21H,1-2H3,(H,20,22). The third-order valence-corrected chi connectivity index (χ3v) is 3.12. The average molecular weight is 325 g/mol. The Hall–Kier alpha value is -2.70. The molecule has 7 heteroatoms. The van der Waals surface area contributed by atoms with Crippen LogP contribution in [0.2, 0.25) is 0 Å². The maximum atomic E-state index is 12.9. The molecule has 0 aromatic heterocycles. The molecule has 0 radical (unpaired) electrons. The Morgan fingerprint density at radius 3 is 2.48 bits per heavy atom. The van der Waals surface area contributed by atoms with Crippen molar-refractivity contribution in [3.8, 4) is 11.5 Å². The molecule has 2 rings (SSSR count). The van der Waals surface area contributed by atoms with Gasteiger partial charge in [-0.2, -0.15) is 13.2 Å². The first-order valence-electron chi connectivity index (χ1n) is 6.58. The van der Waals surface area contributed by atoms with Gasteiger partial charge in [-0.15, -0.1) is 0 Å². The lowest BCUT2D eigenvalue weighted by molar-refractivity contribution is -0.137. The number of benzene rings is 2. The van der Waals surface area contributed by atoms with Crippen LogP contribution in [0.3, 0.4) is 0 Å². The number of carbonyl (C=O) groups is 1. The summed E-state index contributed by atoms with van der Waals surface area (Å²) in [6, 6.07) is 7.29. The maximum absolute atomic E-state index is 12.9. The lowest BCUT2D eigenvalue weighted by Gasteiger charge is -2.13. The molecule has 122 valence electrons. The van der Waals surface area contributed by atoms with Crippen molar-refractivity contribution in [1.82, 2.24) is 0 Å². The molecule has 0 spiro atoms. The second-order valence-corrected chi connectivity index (χ2v) is 4.92. The van der Waals surface area contributed by atoms with E-state index in [9.17, 15) is 23.1 Å². The Bertz CT molecular complexity index is 742. The van der Waals surface area contributed by atoms with E-state index in [0.717, 1.165) is 17.7 Å². The monoisotopic (exact) mass is 325 g/mol. The maximum Gasteiger partial charge on any atom is 0.416 e. The van der Waals surface area contributed by atoms with E-state index in [4.69, 9.17) is 4.74 Å². The number of aromatic hydroxyl groups is 1. The lowest BCUT2D eigenvalue weighted by atomic mass is 10.1. The normalized spacial score (nSPS) is 11.2. The van der Waals surface area contributed by atoms with E-state index in [1.54, 1.807) is 13.0 Å². The summed E-state index contributed by atoms with van der Waals surface area (Å²) >= 11 is 0. The minimum atomic E-state index is -4.57. The second kappa shape index (κ2) is 6.20. The zero-order valence-corrected chi connectivity index (χ0v) is 12.4. The van der Waals surface area contributed by atoms with Crippen LogP contribution in [0, 0.1) is 6.92 Å². The third kappa shape index (κ3) is 3.94. The molecule has 0 heterocycles. The molecule has 0 fully saturated rings. The van der Waals surface area contributed by atoms with Crippen LogP contribution >= 0.6 is 0 Å². The van der Waals surface area contributed by atoms with E-state index in [1.807, 2.05) is 0 Å². The van der Waals surface area contributed by atoms with E-state index in [1.165, 1.54) is 25.3 Å². The van der Waals surface area contributed by atoms with E-state index in [2.05, 4.69) is 5.32 Å². The number of aryl methyl sites for hydroxylation is 1. The van der Waals surface area contributed by atoms with Gasteiger partial charge in [0.05, 0.1) is 18.2 Å². The highest BCUT2D eigenvalue weighted by atomic mass is 19.4. The fraction of sp³-hybridized carbons (Fsp3) is 0.188. The van der Waals surface area contributed by atoms with Gasteiger partial charge in [-0.05, 0) is 31.2 Å². The predicted molar refractivity (Wildman–Crippen MR) is 78.8 cm³/mol. The van der Waals surface area contributed by atoms with Gasteiger partial charge in [-0.3, -0.25) is 4.79 Å². The highest BCUT2D eigenvalue weighted by molar-refractivity contribution is 6.06. The Morgan fingerprint density at radius 2 is 1.87 bits per heavy atom. The van der Waals surface area contributed by atoms with Crippen LogP contribution in [0.15, 0.2) is 36.4 Å². The predicted octanol–water partition coefficient (Wildman–Crippen LogP) is 3.98. The number of carbonyl (C=O) groups excluding carboxylic acids is 1. The summed E-state index contributed by atoms with van der Waals surface area (Å²) in [5.74, 6) is -1.01. The summed E-state index contributed by atoms with van der Waals surface area (Å²) in [7, 11) is 1.23. The van der Waals surface area contributed by atoms with Crippen LogP contribution in [-0.4, -0.2) is 18.1 Å². The number of phenols is 1. The van der Waals surface area contributed by atoms with Crippen LogP contribution in [0.5, 0.6) is 11.5 Å². The minimum Gasteiger partial charge on any atom is -0.507 e. The van der Waals surface area contributed by atoms with Crippen molar-refractivity contribution in [1.29, 1.82) is 0 Å². The van der Waals surface area contributed by atoms with Crippen molar-refractivity contribution in [2.24, 2.45) is 0 Å². The van der Waals surface area contributed by atoms with Crippen molar-refractivity contribution >= 4 is 11.6 Å². The van der Waals surface area contributed by atoms with Gasteiger partial charge in [-0.1, -0.05) is 11.6 Å². The fourth-order valence-electron chi connectivity index (χ4n) is 1.98. The number of halogens is 3. The van der Waals surface area contributed by atoms with Crippen LogP contribution in [0.4, 0.5) is 18.9 Å². The number of methoxy groups -OCH3 is 1. The van der Waals surface area contributed by atoms with Crippen molar-refractivity contribution in [2.75, 3.05) is 12.4 Å². The van der Waals surface area contributed by atoms with E-state index >= 15 is 0 Å². The molecule has 2 N–H and O–H groups in total. The van der Waals surface area contributed by atoms with Gasteiger partial charge < -0.3 is 15.2 Å². The number of hydrogen-bond acceptors (Lipinski definition) is 3. The molecule has 1 amide bonds. The molecule has 23 heavy (non-hydrogen) atoms. The molecule has 2 aromatic rings. The van der Waals surface area contributed by atoms with Gasteiger partial charge in [0.15, 0.2) is 0 Å². The van der Waals surface area contributed by atoms with Crippen LogP contribution < -0.4 is 10.1 Å². The van der Waals surface area contributed by atoms with Crippen molar-refractivity contribution in [3.63, 3.8) is 0 Å². The van der Waals surface area contributed by atoms with Crippen LogP contribution in [-0.2, 0) is 6.18 Å². The molecule has 0 atom stereocenters. The summed E-state index contributed by atoms with van der Waals surface area (Å²) in [5.41, 5.74) is -0.320. The van der Waals surface area contributed by atoms with Gasteiger partial charge >= 0.3 is 6.18 Å². The van der Waals surface area contributed by atoms with Crippen LogP contribution in [0.1, 0.15) is 21.5 Å². The Balaban J connectivity index is 2.35. The Labute approximate surface area is 130 Å². The summed E-state index contributed by atoms with van der Waals surface area (Å²) in [4.78, 5) is 12.2. The highest BCUT2D eigenvalue weighted by Gasteiger charge is 2.31. The largest absolute Gasteiger partial charge is 0.507 e. The molecule has 0 aliphatic carbocycles. The zero-order valence-electron chi connectivity index (χ0n) is 12.4. The van der Waals surface area contributed by atoms with E-state index in [0.29, 0.717) is 0 Å². The summed E-state index contributed by atoms with van der Waals surface area (Å²) in [5, 5.41) is 12.0.